The molecule has 2 aromatic heterocycles. The molecule has 1 aromatic carbocycles. The molecule has 1 unspecified atom stereocenters. The fraction of sp³-hybridized carbons (Fsp3) is 0.286. The maximum atomic E-state index is 13.2. The van der Waals surface area contributed by atoms with Crippen LogP contribution in [0, 0.1) is 6.92 Å². The number of ketones is 1. The molecule has 0 saturated heterocycles. The molecular formula is C21H23N3O5. The lowest BCUT2D eigenvalue weighted by atomic mass is 10.0. The number of aromatic nitrogens is 2. The average molecular weight is 397 g/mol. The van der Waals surface area contributed by atoms with E-state index >= 15 is 0 Å². The van der Waals surface area contributed by atoms with Crippen LogP contribution in [0.25, 0.3) is 0 Å². The third-order valence-electron chi connectivity index (χ3n) is 4.47. The van der Waals surface area contributed by atoms with Gasteiger partial charge in [0.1, 0.15) is 17.6 Å². The van der Waals surface area contributed by atoms with Crippen molar-refractivity contribution in [1.82, 2.24) is 14.9 Å². The first kappa shape index (κ1) is 20.3. The molecule has 0 spiro atoms. The zero-order valence-electron chi connectivity index (χ0n) is 16.3. The Hall–Kier alpha value is -3.39. The summed E-state index contributed by atoms with van der Waals surface area (Å²) in [5, 5.41) is 13.4. The number of imidazole rings is 1. The highest BCUT2D eigenvalue weighted by Crippen LogP contribution is 2.26. The van der Waals surface area contributed by atoms with Gasteiger partial charge in [0.15, 0.2) is 11.5 Å². The van der Waals surface area contributed by atoms with E-state index in [-0.39, 0.29) is 11.5 Å². The lowest BCUT2D eigenvalue weighted by Crippen LogP contribution is -2.31. The Morgan fingerprint density at radius 1 is 1.34 bits per heavy atom. The molecule has 29 heavy (non-hydrogen) atoms. The van der Waals surface area contributed by atoms with E-state index < -0.39 is 17.2 Å². The molecule has 8 nitrogen and oxygen atoms in total. The van der Waals surface area contributed by atoms with Crippen LogP contribution in [-0.4, -0.2) is 34.1 Å². The third-order valence-corrected chi connectivity index (χ3v) is 4.47. The number of hydrogen-bond acceptors (Lipinski definition) is 7. The lowest BCUT2D eigenvalue weighted by Gasteiger charge is -2.18. The summed E-state index contributed by atoms with van der Waals surface area (Å²) in [4.78, 5) is 29.2. The van der Waals surface area contributed by atoms with Gasteiger partial charge in [-0.15, -0.1) is 0 Å². The molecule has 0 bridgehead atoms. The Bertz CT molecular complexity index is 1010. The van der Waals surface area contributed by atoms with E-state index in [2.05, 4.69) is 10.3 Å². The number of ether oxygens (including phenoxy) is 1. The van der Waals surface area contributed by atoms with E-state index in [0.717, 1.165) is 0 Å². The van der Waals surface area contributed by atoms with Crippen LogP contribution in [0.1, 0.15) is 34.3 Å². The van der Waals surface area contributed by atoms with Crippen LogP contribution in [0.15, 0.2) is 58.3 Å². The zero-order valence-corrected chi connectivity index (χ0v) is 16.3. The molecule has 3 aromatic rings. The maximum absolute atomic E-state index is 13.2. The molecule has 0 aliphatic carbocycles. The summed E-state index contributed by atoms with van der Waals surface area (Å²) < 4.78 is 12.6. The van der Waals surface area contributed by atoms with Crippen LogP contribution in [-0.2, 0) is 6.54 Å². The monoisotopic (exact) mass is 397 g/mol. The number of carbonyl (C=O) groups excluding carboxylic acids is 1. The van der Waals surface area contributed by atoms with Crippen LogP contribution in [0.2, 0.25) is 0 Å². The Labute approximate surface area is 167 Å². The smallest absolute Gasteiger partial charge is 0.227 e. The van der Waals surface area contributed by atoms with E-state index in [1.807, 2.05) is 10.8 Å². The molecule has 2 heterocycles. The first-order chi connectivity index (χ1) is 14.0. The minimum Gasteiger partial charge on any atom is -0.502 e. The van der Waals surface area contributed by atoms with Crippen LogP contribution in [0.4, 0.5) is 0 Å². The van der Waals surface area contributed by atoms with Crippen molar-refractivity contribution in [3.05, 3.63) is 76.4 Å². The van der Waals surface area contributed by atoms with Crippen molar-refractivity contribution in [2.75, 3.05) is 13.7 Å². The van der Waals surface area contributed by atoms with Gasteiger partial charge in [-0.25, -0.2) is 4.98 Å². The van der Waals surface area contributed by atoms with Gasteiger partial charge in [-0.1, -0.05) is 0 Å². The summed E-state index contributed by atoms with van der Waals surface area (Å²) in [7, 11) is 1.54. The standard InChI is InChI=1S/C21H23N3O5/c1-14-12-17(25)20(27)21(29-14)18(23-8-3-10-24-11-9-22-13-24)19(26)15-4-6-16(28-2)7-5-15/h4-7,9,11-13,18,23,27H,3,8,10H2,1-2H3. The molecule has 0 aliphatic heterocycles. The number of nitrogens with zero attached hydrogens (tertiary/aromatic N) is 2. The van der Waals surface area contributed by atoms with Gasteiger partial charge < -0.3 is 24.1 Å². The van der Waals surface area contributed by atoms with Crippen molar-refractivity contribution >= 4 is 5.78 Å². The predicted octanol–water partition coefficient (Wildman–Crippen LogP) is 2.46. The topological polar surface area (TPSA) is 107 Å². The van der Waals surface area contributed by atoms with Gasteiger partial charge in [0.25, 0.3) is 0 Å². The summed E-state index contributed by atoms with van der Waals surface area (Å²) in [6.45, 7) is 2.76. The number of aromatic hydroxyl groups is 1. The molecule has 0 radical (unpaired) electrons. The molecule has 0 fully saturated rings. The van der Waals surface area contributed by atoms with Crippen molar-refractivity contribution < 1.29 is 19.1 Å². The maximum Gasteiger partial charge on any atom is 0.227 e. The highest BCUT2D eigenvalue weighted by molar-refractivity contribution is 6.00. The Balaban J connectivity index is 1.84. The average Bonchev–Trinajstić information content (AvgIpc) is 3.24. The molecule has 1 atom stereocenters. The summed E-state index contributed by atoms with van der Waals surface area (Å²) in [5.41, 5.74) is -0.182. The van der Waals surface area contributed by atoms with Gasteiger partial charge >= 0.3 is 0 Å². The summed E-state index contributed by atoms with van der Waals surface area (Å²) >= 11 is 0. The Morgan fingerprint density at radius 2 is 2.10 bits per heavy atom. The van der Waals surface area contributed by atoms with E-state index in [1.165, 1.54) is 6.07 Å². The molecule has 0 amide bonds. The van der Waals surface area contributed by atoms with Crippen LogP contribution >= 0.6 is 0 Å². The van der Waals surface area contributed by atoms with Crippen molar-refractivity contribution in [2.24, 2.45) is 0 Å². The number of rotatable bonds is 9. The van der Waals surface area contributed by atoms with Gasteiger partial charge in [0, 0.05) is 30.6 Å². The first-order valence-electron chi connectivity index (χ1n) is 9.20. The van der Waals surface area contributed by atoms with Gasteiger partial charge in [-0.05, 0) is 44.2 Å². The number of methoxy groups -OCH3 is 1. The Kier molecular flexibility index (Phi) is 6.46. The summed E-state index contributed by atoms with van der Waals surface area (Å²) in [6.07, 6.45) is 5.97. The normalized spacial score (nSPS) is 11.9. The van der Waals surface area contributed by atoms with Gasteiger partial charge in [-0.3, -0.25) is 9.59 Å². The minimum atomic E-state index is -1.00. The van der Waals surface area contributed by atoms with Gasteiger partial charge in [-0.2, -0.15) is 0 Å². The summed E-state index contributed by atoms with van der Waals surface area (Å²) in [6, 6.07) is 6.80. The number of hydrogen-bond donors (Lipinski definition) is 2. The SMILES string of the molecule is COc1ccc(C(=O)C(NCCCn2ccnc2)c2oc(C)cc(=O)c2O)cc1. The van der Waals surface area contributed by atoms with Crippen molar-refractivity contribution in [2.45, 2.75) is 25.9 Å². The number of carbonyl (C=O) groups is 1. The molecule has 0 aliphatic rings. The molecule has 0 saturated carbocycles. The van der Waals surface area contributed by atoms with Crippen molar-refractivity contribution in [1.29, 1.82) is 0 Å². The highest BCUT2D eigenvalue weighted by atomic mass is 16.5. The molecule has 2 N–H and O–H groups in total. The number of nitrogens with one attached hydrogen (secondary N) is 1. The number of aryl methyl sites for hydroxylation is 2. The Morgan fingerprint density at radius 3 is 2.76 bits per heavy atom. The summed E-state index contributed by atoms with van der Waals surface area (Å²) in [5.74, 6) is -0.0331. The second-order valence-corrected chi connectivity index (χ2v) is 6.57. The second kappa shape index (κ2) is 9.20. The van der Waals surface area contributed by atoms with Crippen LogP contribution < -0.4 is 15.5 Å². The molecule has 152 valence electrons. The molecular weight excluding hydrogens is 374 g/mol. The number of Topliss-reactive ketones (excluding diaryl/α,β-unsaturated/α-hetero) is 1. The van der Waals surface area contributed by atoms with E-state index in [9.17, 15) is 14.7 Å². The minimum absolute atomic E-state index is 0.0848. The van der Waals surface area contributed by atoms with Crippen LogP contribution in [0.5, 0.6) is 11.5 Å². The molecule has 3 rings (SSSR count). The quantitative estimate of drug-likeness (QED) is 0.422. The van der Waals surface area contributed by atoms with E-state index in [4.69, 9.17) is 9.15 Å². The fourth-order valence-corrected chi connectivity index (χ4v) is 2.97. The lowest BCUT2D eigenvalue weighted by molar-refractivity contribution is 0.0926. The molecule has 8 heteroatoms. The number of benzene rings is 1. The fourth-order valence-electron chi connectivity index (χ4n) is 2.97. The van der Waals surface area contributed by atoms with Crippen LogP contribution in [0.3, 0.4) is 0 Å². The first-order valence-corrected chi connectivity index (χ1v) is 9.20. The highest BCUT2D eigenvalue weighted by Gasteiger charge is 2.28. The zero-order chi connectivity index (χ0) is 20.8. The van der Waals surface area contributed by atoms with Gasteiger partial charge in [0.2, 0.25) is 11.2 Å². The van der Waals surface area contributed by atoms with Gasteiger partial charge in [0.05, 0.1) is 13.4 Å². The largest absolute Gasteiger partial charge is 0.502 e. The second-order valence-electron chi connectivity index (χ2n) is 6.57. The van der Waals surface area contributed by atoms with E-state index in [1.54, 1.807) is 50.8 Å². The third kappa shape index (κ3) is 4.91. The van der Waals surface area contributed by atoms with Crippen molar-refractivity contribution in [3.63, 3.8) is 0 Å². The van der Waals surface area contributed by atoms with Crippen molar-refractivity contribution in [3.8, 4) is 11.5 Å². The van der Waals surface area contributed by atoms with E-state index in [0.29, 0.717) is 36.6 Å². The predicted molar refractivity (Wildman–Crippen MR) is 106 cm³/mol.